The molecule has 0 aliphatic heterocycles. The van der Waals surface area contributed by atoms with E-state index in [9.17, 15) is 33.4 Å². The van der Waals surface area contributed by atoms with E-state index in [1.807, 2.05) is 84.9 Å². The zero-order valence-corrected chi connectivity index (χ0v) is 29.3. The predicted molar refractivity (Wildman–Crippen MR) is 189 cm³/mol. The van der Waals surface area contributed by atoms with E-state index in [4.69, 9.17) is 37.3 Å². The summed E-state index contributed by atoms with van der Waals surface area (Å²) in [4.78, 5) is 37.4. The number of aromatic hydroxyl groups is 2. The van der Waals surface area contributed by atoms with Gasteiger partial charge in [0, 0.05) is 0 Å². The second kappa shape index (κ2) is 18.2. The molecule has 0 amide bonds. The van der Waals surface area contributed by atoms with Gasteiger partial charge in [0.1, 0.15) is 13.2 Å². The lowest BCUT2D eigenvalue weighted by atomic mass is 10.0. The Hall–Kier alpha value is -7.29. The zero-order chi connectivity index (χ0) is 39.4. The lowest BCUT2D eigenvalue weighted by molar-refractivity contribution is 0.0332. The van der Waals surface area contributed by atoms with Crippen LogP contribution in [-0.4, -0.2) is 28.7 Å². The summed E-state index contributed by atoms with van der Waals surface area (Å²) >= 11 is 0. The Kier molecular flexibility index (Phi) is 12.5. The number of furan rings is 2. The van der Waals surface area contributed by atoms with Crippen molar-refractivity contribution < 1.29 is 70.6 Å². The van der Waals surface area contributed by atoms with Crippen molar-refractivity contribution in [1.82, 2.24) is 0 Å². The maximum Gasteiger partial charge on any atom is 0.514 e. The van der Waals surface area contributed by atoms with Gasteiger partial charge in [-0.3, -0.25) is 0 Å². The topological polar surface area (TPSA) is 173 Å². The van der Waals surface area contributed by atoms with E-state index < -0.39 is 78.2 Å². The average molecular weight is 771 g/mol. The van der Waals surface area contributed by atoms with Gasteiger partial charge in [0.05, 0.1) is 0 Å². The highest BCUT2D eigenvalue weighted by atomic mass is 19.1. The van der Waals surface area contributed by atoms with Gasteiger partial charge in [-0.1, -0.05) is 109 Å². The van der Waals surface area contributed by atoms with Gasteiger partial charge in [0.15, 0.2) is 24.7 Å². The fourth-order valence-corrected chi connectivity index (χ4v) is 5.41. The molecule has 0 saturated heterocycles. The van der Waals surface area contributed by atoms with Gasteiger partial charge in [0.2, 0.25) is 23.1 Å². The van der Waals surface area contributed by atoms with Crippen molar-refractivity contribution in [2.75, 3.05) is 0 Å². The molecule has 0 radical (unpaired) electrons. The highest BCUT2D eigenvalue weighted by Crippen LogP contribution is 2.36. The fourth-order valence-electron chi connectivity index (χ4n) is 5.41. The Labute approximate surface area is 317 Å². The summed E-state index contributed by atoms with van der Waals surface area (Å²) in [6, 6.07) is 33.5. The molecule has 6 aromatic rings. The highest BCUT2D eigenvalue weighted by Gasteiger charge is 2.29. The zero-order valence-electron chi connectivity index (χ0n) is 29.3. The molecule has 0 saturated carbocycles. The molecule has 0 bridgehead atoms. The van der Waals surface area contributed by atoms with Crippen LogP contribution in [0, 0.1) is 11.6 Å². The summed E-state index contributed by atoms with van der Waals surface area (Å²) in [7, 11) is 0. The lowest BCUT2D eigenvalue weighted by Crippen LogP contribution is -2.14. The number of rotatable bonds is 14. The van der Waals surface area contributed by atoms with E-state index in [0.717, 1.165) is 22.3 Å². The Morgan fingerprint density at radius 1 is 0.464 bits per heavy atom. The SMILES string of the molecule is O=C(OCc1oc(O)c(F)c1OC(=O)OCc1ccccc1Cc1ccccc1)OCc1oc(O)c(F)c1OC(=O)OCc1ccccc1Cc1ccccc1. The first kappa shape index (κ1) is 38.4. The second-order valence-corrected chi connectivity index (χ2v) is 11.9. The van der Waals surface area contributed by atoms with Crippen molar-refractivity contribution in [2.24, 2.45) is 0 Å². The maximum absolute atomic E-state index is 14.6. The van der Waals surface area contributed by atoms with Gasteiger partial charge in [-0.25, -0.2) is 14.4 Å². The third-order valence-electron chi connectivity index (χ3n) is 8.14. The van der Waals surface area contributed by atoms with Crippen molar-refractivity contribution >= 4 is 18.5 Å². The van der Waals surface area contributed by atoms with Crippen LogP contribution in [0.15, 0.2) is 118 Å². The number of hydrogen-bond acceptors (Lipinski definition) is 13. The average Bonchev–Trinajstić information content (AvgIpc) is 3.63. The van der Waals surface area contributed by atoms with Gasteiger partial charge >= 0.3 is 30.4 Å². The van der Waals surface area contributed by atoms with Crippen LogP contribution in [0.3, 0.4) is 0 Å². The number of ether oxygens (including phenoxy) is 6. The monoisotopic (exact) mass is 770 g/mol. The molecule has 13 nitrogen and oxygen atoms in total. The third-order valence-corrected chi connectivity index (χ3v) is 8.14. The van der Waals surface area contributed by atoms with Crippen LogP contribution in [0.5, 0.6) is 23.4 Å². The number of carbonyl (C=O) groups is 3. The van der Waals surface area contributed by atoms with Crippen molar-refractivity contribution in [3.05, 3.63) is 166 Å². The molecular weight excluding hydrogens is 738 g/mol. The number of halogens is 2. The molecule has 288 valence electrons. The summed E-state index contributed by atoms with van der Waals surface area (Å²) in [5.74, 6) is -8.64. The Bertz CT molecular complexity index is 2120. The van der Waals surface area contributed by atoms with Crippen molar-refractivity contribution in [2.45, 2.75) is 39.3 Å². The normalized spacial score (nSPS) is 10.8. The molecule has 15 heteroatoms. The molecule has 2 heterocycles. The molecular formula is C41H32F2O13. The minimum Gasteiger partial charge on any atom is -0.478 e. The molecule has 0 fully saturated rings. The minimum absolute atomic E-state index is 0.236. The van der Waals surface area contributed by atoms with Crippen LogP contribution in [0.25, 0.3) is 0 Å². The summed E-state index contributed by atoms with van der Waals surface area (Å²) in [5.41, 5.74) is 5.11. The lowest BCUT2D eigenvalue weighted by Gasteiger charge is -2.11. The Balaban J connectivity index is 1.00. The van der Waals surface area contributed by atoms with Crippen LogP contribution < -0.4 is 9.47 Å². The maximum atomic E-state index is 14.6. The van der Waals surface area contributed by atoms with Gasteiger partial charge in [-0.15, -0.1) is 0 Å². The van der Waals surface area contributed by atoms with Crippen molar-refractivity contribution in [3.63, 3.8) is 0 Å². The van der Waals surface area contributed by atoms with Crippen molar-refractivity contribution in [1.29, 1.82) is 0 Å². The smallest absolute Gasteiger partial charge is 0.478 e. The van der Waals surface area contributed by atoms with E-state index in [2.05, 4.69) is 0 Å². The molecule has 0 aliphatic rings. The largest absolute Gasteiger partial charge is 0.514 e. The first-order valence-corrected chi connectivity index (χ1v) is 16.8. The van der Waals surface area contributed by atoms with Gasteiger partial charge in [0.25, 0.3) is 0 Å². The van der Waals surface area contributed by atoms with E-state index in [1.165, 1.54) is 0 Å². The van der Waals surface area contributed by atoms with E-state index in [-0.39, 0.29) is 13.2 Å². The molecule has 0 spiro atoms. The fraction of sp³-hybridized carbons (Fsp3) is 0.146. The summed E-state index contributed by atoms with van der Waals surface area (Å²) in [5, 5.41) is 19.5. The van der Waals surface area contributed by atoms with Gasteiger partial charge < -0.3 is 47.5 Å². The van der Waals surface area contributed by atoms with Crippen LogP contribution in [-0.2, 0) is 58.2 Å². The Morgan fingerprint density at radius 2 is 0.804 bits per heavy atom. The van der Waals surface area contributed by atoms with Crippen LogP contribution in [0.2, 0.25) is 0 Å². The molecule has 56 heavy (non-hydrogen) atoms. The first-order chi connectivity index (χ1) is 27.1. The van der Waals surface area contributed by atoms with Crippen LogP contribution >= 0.6 is 0 Å². The van der Waals surface area contributed by atoms with Crippen LogP contribution in [0.1, 0.15) is 44.9 Å². The van der Waals surface area contributed by atoms with E-state index in [0.29, 0.717) is 24.0 Å². The molecule has 2 N–H and O–H groups in total. The number of benzene rings is 4. The van der Waals surface area contributed by atoms with E-state index >= 15 is 0 Å². The van der Waals surface area contributed by atoms with Crippen molar-refractivity contribution in [3.8, 4) is 23.4 Å². The third kappa shape index (κ3) is 10.0. The molecule has 0 atom stereocenters. The van der Waals surface area contributed by atoms with Gasteiger partial charge in [-0.05, 0) is 46.2 Å². The molecule has 4 aromatic carbocycles. The minimum atomic E-state index is -1.48. The number of carbonyl (C=O) groups excluding carboxylic acids is 3. The standard InChI is InChI=1S/C41H32F2O13/c42-33-35(55-40(47)49-21-29-17-9-7-15-27(29)19-25-11-3-1-4-12-25)31(53-37(33)44)23-51-39(46)52-24-32-36(34(43)38(45)54-32)56-41(48)50-22-30-18-10-8-16-28(30)20-26-13-5-2-6-14-26/h1-18,44-45H,19-24H2. The van der Waals surface area contributed by atoms with Gasteiger partial charge in [-0.2, -0.15) is 8.78 Å². The summed E-state index contributed by atoms with van der Waals surface area (Å²) < 4.78 is 68.8. The predicted octanol–water partition coefficient (Wildman–Crippen LogP) is 9.03. The molecule has 2 aromatic heterocycles. The van der Waals surface area contributed by atoms with E-state index in [1.54, 1.807) is 24.3 Å². The second-order valence-electron chi connectivity index (χ2n) is 11.9. The summed E-state index contributed by atoms with van der Waals surface area (Å²) in [6.07, 6.45) is -3.08. The molecule has 0 aliphatic carbocycles. The first-order valence-electron chi connectivity index (χ1n) is 16.8. The molecule has 6 rings (SSSR count). The molecule has 0 unspecified atom stereocenters. The number of hydrogen-bond donors (Lipinski definition) is 2. The highest BCUT2D eigenvalue weighted by molar-refractivity contribution is 5.66. The summed E-state index contributed by atoms with van der Waals surface area (Å²) in [6.45, 7) is -2.34. The van der Waals surface area contributed by atoms with Crippen LogP contribution in [0.4, 0.5) is 23.2 Å². The quantitative estimate of drug-likeness (QED) is 0.0794. The Morgan fingerprint density at radius 3 is 1.20 bits per heavy atom.